The molecule has 158 valence electrons. The highest BCUT2D eigenvalue weighted by Gasteiger charge is 2.15. The Labute approximate surface area is 176 Å². The molecule has 0 aliphatic heterocycles. The average Bonchev–Trinajstić information content (AvgIpc) is 3.16. The van der Waals surface area contributed by atoms with Crippen molar-refractivity contribution in [2.75, 3.05) is 11.9 Å². The van der Waals surface area contributed by atoms with Crippen LogP contribution in [0.1, 0.15) is 46.0 Å². The van der Waals surface area contributed by atoms with Crippen LogP contribution in [0, 0.1) is 5.82 Å². The van der Waals surface area contributed by atoms with E-state index in [2.05, 4.69) is 22.3 Å². The molecule has 0 atom stereocenters. The largest absolute Gasteiger partial charge is 0.463 e. The first-order valence-electron chi connectivity index (χ1n) is 10.4. The van der Waals surface area contributed by atoms with Crippen LogP contribution in [0.5, 0.6) is 6.01 Å². The van der Waals surface area contributed by atoms with Gasteiger partial charge in [0.15, 0.2) is 5.82 Å². The lowest BCUT2D eigenvalue weighted by atomic mass is 10.1. The molecule has 0 saturated heterocycles. The van der Waals surface area contributed by atoms with E-state index < -0.39 is 0 Å². The number of benzene rings is 2. The lowest BCUT2D eigenvalue weighted by Gasteiger charge is -2.08. The maximum atomic E-state index is 13.7. The number of aromatic nitrogens is 3. The molecular formula is C23H27FN4O2. The molecule has 0 radical (unpaired) electrons. The van der Waals surface area contributed by atoms with E-state index in [4.69, 9.17) is 4.74 Å². The van der Waals surface area contributed by atoms with Crippen LogP contribution < -0.4 is 10.1 Å². The van der Waals surface area contributed by atoms with Gasteiger partial charge in [-0.05, 0) is 49.7 Å². The van der Waals surface area contributed by atoms with Gasteiger partial charge in [-0.25, -0.2) is 9.07 Å². The Bertz CT molecular complexity index is 970. The van der Waals surface area contributed by atoms with Crippen molar-refractivity contribution in [2.45, 2.75) is 46.0 Å². The highest BCUT2D eigenvalue weighted by molar-refractivity contribution is 5.90. The maximum absolute atomic E-state index is 13.7. The second kappa shape index (κ2) is 10.5. The minimum atomic E-state index is -0.350. The van der Waals surface area contributed by atoms with Gasteiger partial charge >= 0.3 is 6.01 Å². The second-order valence-electron chi connectivity index (χ2n) is 6.98. The van der Waals surface area contributed by atoms with Gasteiger partial charge in [0.25, 0.3) is 0 Å². The number of amides is 1. The summed E-state index contributed by atoms with van der Waals surface area (Å²) in [7, 11) is 0. The molecule has 3 rings (SSSR count). The third-order valence-electron chi connectivity index (χ3n) is 4.60. The molecule has 1 N–H and O–H groups in total. The molecule has 1 aromatic heterocycles. The van der Waals surface area contributed by atoms with E-state index in [1.165, 1.54) is 12.1 Å². The SMILES string of the molecule is CCCCCCC(=O)Nc1ccc(-n2nc(OCC)nc2-c2cccc(F)c2)cc1. The number of rotatable bonds is 10. The van der Waals surface area contributed by atoms with Crippen LogP contribution in [0.25, 0.3) is 17.1 Å². The van der Waals surface area contributed by atoms with Crippen molar-refractivity contribution in [3.05, 3.63) is 54.3 Å². The standard InChI is InChI=1S/C23H27FN4O2/c1-3-5-6-7-11-21(29)25-19-12-14-20(15-13-19)28-22(26-23(27-28)30-4-2)17-9-8-10-18(24)16-17/h8-10,12-16H,3-7,11H2,1-2H3,(H,25,29). The number of nitrogens with one attached hydrogen (secondary N) is 1. The lowest BCUT2D eigenvalue weighted by molar-refractivity contribution is -0.116. The molecule has 1 heterocycles. The van der Waals surface area contributed by atoms with Crippen molar-refractivity contribution in [1.82, 2.24) is 14.8 Å². The molecule has 30 heavy (non-hydrogen) atoms. The summed E-state index contributed by atoms with van der Waals surface area (Å²) in [6.07, 6.45) is 4.78. The van der Waals surface area contributed by atoms with E-state index in [1.54, 1.807) is 16.8 Å². The number of unbranched alkanes of at least 4 members (excludes halogenated alkanes) is 3. The minimum Gasteiger partial charge on any atom is -0.463 e. The van der Waals surface area contributed by atoms with E-state index in [9.17, 15) is 9.18 Å². The van der Waals surface area contributed by atoms with Gasteiger partial charge in [0.05, 0.1) is 12.3 Å². The number of hydrogen-bond donors (Lipinski definition) is 1. The molecule has 0 bridgehead atoms. The van der Waals surface area contributed by atoms with Gasteiger partial charge in [0.1, 0.15) is 5.82 Å². The van der Waals surface area contributed by atoms with Gasteiger partial charge in [-0.3, -0.25) is 4.79 Å². The zero-order valence-electron chi connectivity index (χ0n) is 17.4. The monoisotopic (exact) mass is 410 g/mol. The number of carbonyl (C=O) groups excluding carboxylic acids is 1. The number of anilines is 1. The normalized spacial score (nSPS) is 10.8. The molecule has 0 spiro atoms. The molecule has 0 saturated carbocycles. The highest BCUT2D eigenvalue weighted by Crippen LogP contribution is 2.25. The molecule has 3 aromatic rings. The van der Waals surface area contributed by atoms with Crippen LogP contribution in [-0.4, -0.2) is 27.3 Å². The van der Waals surface area contributed by atoms with Gasteiger partial charge in [-0.2, -0.15) is 4.98 Å². The quantitative estimate of drug-likeness (QED) is 0.456. The van der Waals surface area contributed by atoms with E-state index in [-0.39, 0.29) is 17.7 Å². The van der Waals surface area contributed by atoms with Crippen LogP contribution in [-0.2, 0) is 4.79 Å². The Balaban J connectivity index is 1.78. The number of hydrogen-bond acceptors (Lipinski definition) is 4. The third-order valence-corrected chi connectivity index (χ3v) is 4.60. The van der Waals surface area contributed by atoms with Crippen molar-refractivity contribution < 1.29 is 13.9 Å². The van der Waals surface area contributed by atoms with Gasteiger partial charge in [0, 0.05) is 17.7 Å². The van der Waals surface area contributed by atoms with Crippen molar-refractivity contribution in [2.24, 2.45) is 0 Å². The fraction of sp³-hybridized carbons (Fsp3) is 0.348. The zero-order valence-corrected chi connectivity index (χ0v) is 17.4. The lowest BCUT2D eigenvalue weighted by Crippen LogP contribution is -2.11. The van der Waals surface area contributed by atoms with Gasteiger partial charge in [0.2, 0.25) is 5.91 Å². The van der Waals surface area contributed by atoms with Crippen LogP contribution >= 0.6 is 0 Å². The summed E-state index contributed by atoms with van der Waals surface area (Å²) in [4.78, 5) is 16.5. The average molecular weight is 410 g/mol. The first-order valence-corrected chi connectivity index (χ1v) is 10.4. The molecule has 0 aliphatic rings. The molecule has 2 aromatic carbocycles. The Morgan fingerprint density at radius 2 is 1.90 bits per heavy atom. The minimum absolute atomic E-state index is 0.0127. The Morgan fingerprint density at radius 1 is 1.10 bits per heavy atom. The van der Waals surface area contributed by atoms with Crippen LogP contribution in [0.4, 0.5) is 10.1 Å². The third kappa shape index (κ3) is 5.65. The summed E-state index contributed by atoms with van der Waals surface area (Å²) in [5, 5.41) is 7.32. The molecular weight excluding hydrogens is 383 g/mol. The van der Waals surface area contributed by atoms with E-state index >= 15 is 0 Å². The fourth-order valence-corrected chi connectivity index (χ4v) is 3.10. The topological polar surface area (TPSA) is 69.0 Å². The van der Waals surface area contributed by atoms with E-state index in [0.29, 0.717) is 24.4 Å². The first-order chi connectivity index (χ1) is 14.6. The Hall–Kier alpha value is -3.22. The van der Waals surface area contributed by atoms with Gasteiger partial charge < -0.3 is 10.1 Å². The molecule has 6 nitrogen and oxygen atoms in total. The van der Waals surface area contributed by atoms with E-state index in [0.717, 1.165) is 37.1 Å². The maximum Gasteiger partial charge on any atom is 0.336 e. The number of halogens is 1. The summed E-state index contributed by atoms with van der Waals surface area (Å²) in [5.74, 6) is 0.140. The van der Waals surface area contributed by atoms with Crippen molar-refractivity contribution in [3.8, 4) is 23.1 Å². The van der Waals surface area contributed by atoms with E-state index in [1.807, 2.05) is 31.2 Å². The first kappa shape index (κ1) is 21.5. The number of ether oxygens (including phenoxy) is 1. The summed E-state index contributed by atoms with van der Waals surface area (Å²) in [6.45, 7) is 4.42. The predicted octanol–water partition coefficient (Wildman–Crippen LogP) is 5.38. The van der Waals surface area contributed by atoms with Crippen LogP contribution in [0.3, 0.4) is 0 Å². The highest BCUT2D eigenvalue weighted by atomic mass is 19.1. The van der Waals surface area contributed by atoms with Crippen LogP contribution in [0.15, 0.2) is 48.5 Å². The predicted molar refractivity (Wildman–Crippen MR) is 115 cm³/mol. The smallest absolute Gasteiger partial charge is 0.336 e. The summed E-state index contributed by atoms with van der Waals surface area (Å²) < 4.78 is 20.8. The van der Waals surface area contributed by atoms with Gasteiger partial charge in [-0.15, -0.1) is 5.10 Å². The summed E-state index contributed by atoms with van der Waals surface area (Å²) >= 11 is 0. The summed E-state index contributed by atoms with van der Waals surface area (Å²) in [6, 6.07) is 13.7. The van der Waals surface area contributed by atoms with Crippen LogP contribution in [0.2, 0.25) is 0 Å². The fourth-order valence-electron chi connectivity index (χ4n) is 3.10. The second-order valence-corrected chi connectivity index (χ2v) is 6.98. The molecule has 0 aliphatic carbocycles. The number of nitrogens with zero attached hydrogens (tertiary/aromatic N) is 3. The van der Waals surface area contributed by atoms with Crippen molar-refractivity contribution in [1.29, 1.82) is 0 Å². The Morgan fingerprint density at radius 3 is 2.60 bits per heavy atom. The molecule has 1 amide bonds. The Kier molecular flexibility index (Phi) is 7.54. The summed E-state index contributed by atoms with van der Waals surface area (Å²) in [5.41, 5.74) is 2.04. The van der Waals surface area contributed by atoms with Gasteiger partial charge in [-0.1, -0.05) is 38.3 Å². The zero-order chi connectivity index (χ0) is 21.3. The number of carbonyl (C=O) groups is 1. The molecule has 7 heteroatoms. The molecule has 0 unspecified atom stereocenters. The molecule has 0 fully saturated rings. The van der Waals surface area contributed by atoms with Crippen molar-refractivity contribution >= 4 is 11.6 Å². The van der Waals surface area contributed by atoms with Crippen molar-refractivity contribution in [3.63, 3.8) is 0 Å².